The van der Waals surface area contributed by atoms with Crippen LogP contribution in [0.15, 0.2) is 60.2 Å². The van der Waals surface area contributed by atoms with Crippen LogP contribution in [-0.2, 0) is 13.1 Å². The Morgan fingerprint density at radius 3 is 2.62 bits per heavy atom. The lowest BCUT2D eigenvalue weighted by atomic mass is 10.1. The molecule has 4 rings (SSSR count). The molecule has 0 saturated heterocycles. The van der Waals surface area contributed by atoms with E-state index in [1.165, 1.54) is 11.3 Å². The smallest absolute Gasteiger partial charge is 0.255 e. The number of aromatic nitrogens is 4. The molecule has 1 N–H and O–H groups in total. The first kappa shape index (κ1) is 19.0. The summed E-state index contributed by atoms with van der Waals surface area (Å²) in [7, 11) is 0. The lowest BCUT2D eigenvalue weighted by Crippen LogP contribution is -2.24. The van der Waals surface area contributed by atoms with Gasteiger partial charge in [-0.25, -0.2) is 4.98 Å². The second kappa shape index (κ2) is 8.36. The maximum absolute atomic E-state index is 12.8. The normalized spacial score (nSPS) is 10.8. The third-order valence-corrected chi connectivity index (χ3v) is 5.56. The summed E-state index contributed by atoms with van der Waals surface area (Å²) in [4.78, 5) is 21.4. The van der Waals surface area contributed by atoms with Crippen LogP contribution in [0, 0.1) is 13.8 Å². The van der Waals surface area contributed by atoms with Crippen molar-refractivity contribution in [3.05, 3.63) is 87.8 Å². The largest absolute Gasteiger partial charge is 0.345 e. The van der Waals surface area contributed by atoms with E-state index in [4.69, 9.17) is 0 Å². The number of benzene rings is 1. The molecular formula is C22H21N5OS. The third kappa shape index (κ3) is 4.25. The van der Waals surface area contributed by atoms with Crippen LogP contribution >= 0.6 is 11.3 Å². The monoisotopic (exact) mass is 403 g/mol. The summed E-state index contributed by atoms with van der Waals surface area (Å²) in [6, 6.07) is 13.9. The first-order valence-corrected chi connectivity index (χ1v) is 10.2. The number of nitrogens with one attached hydrogen (secondary N) is 1. The van der Waals surface area contributed by atoms with Crippen molar-refractivity contribution in [1.82, 2.24) is 25.1 Å². The molecule has 0 atom stereocenters. The number of aryl methyl sites for hydroxylation is 1. The molecule has 4 aromatic rings. The second-order valence-electron chi connectivity index (χ2n) is 6.73. The SMILES string of the molecule is Cc1nn(Cc2ccccc2)c(C)c1C(=O)NCc1nc(-c2ccncc2)cs1. The zero-order valence-corrected chi connectivity index (χ0v) is 17.1. The van der Waals surface area contributed by atoms with Crippen LogP contribution in [-0.4, -0.2) is 25.7 Å². The maximum atomic E-state index is 12.8. The van der Waals surface area contributed by atoms with Gasteiger partial charge in [-0.15, -0.1) is 11.3 Å². The Balaban J connectivity index is 1.45. The standard InChI is InChI=1S/C22H21N5OS/c1-15-21(16(2)27(26-15)13-17-6-4-3-5-7-17)22(28)24-12-20-25-19(14-29-20)18-8-10-23-11-9-18/h3-11,14H,12-13H2,1-2H3,(H,24,28). The zero-order valence-electron chi connectivity index (χ0n) is 16.3. The molecule has 0 unspecified atom stereocenters. The molecule has 146 valence electrons. The second-order valence-corrected chi connectivity index (χ2v) is 7.68. The van der Waals surface area contributed by atoms with Gasteiger partial charge in [-0.2, -0.15) is 5.10 Å². The minimum absolute atomic E-state index is 0.125. The van der Waals surface area contributed by atoms with Crippen LogP contribution < -0.4 is 5.32 Å². The summed E-state index contributed by atoms with van der Waals surface area (Å²) >= 11 is 1.53. The van der Waals surface area contributed by atoms with E-state index < -0.39 is 0 Å². The fourth-order valence-corrected chi connectivity index (χ4v) is 3.97. The number of hydrogen-bond donors (Lipinski definition) is 1. The lowest BCUT2D eigenvalue weighted by Gasteiger charge is -2.06. The minimum Gasteiger partial charge on any atom is -0.345 e. The average Bonchev–Trinajstić information content (AvgIpc) is 3.32. The number of hydrogen-bond acceptors (Lipinski definition) is 5. The molecule has 0 bridgehead atoms. The van der Waals surface area contributed by atoms with E-state index in [1.807, 2.05) is 54.2 Å². The molecule has 0 radical (unpaired) electrons. The fourth-order valence-electron chi connectivity index (χ4n) is 3.23. The summed E-state index contributed by atoms with van der Waals surface area (Å²) in [5.41, 5.74) is 5.28. The first-order chi connectivity index (χ1) is 14.1. The molecule has 7 heteroatoms. The van der Waals surface area contributed by atoms with Crippen molar-refractivity contribution < 1.29 is 4.79 Å². The number of thiazole rings is 1. The topological polar surface area (TPSA) is 72.7 Å². The van der Waals surface area contributed by atoms with Crippen molar-refractivity contribution in [1.29, 1.82) is 0 Å². The molecule has 29 heavy (non-hydrogen) atoms. The molecule has 6 nitrogen and oxygen atoms in total. The lowest BCUT2D eigenvalue weighted by molar-refractivity contribution is 0.0949. The number of carbonyl (C=O) groups is 1. The minimum atomic E-state index is -0.125. The summed E-state index contributed by atoms with van der Waals surface area (Å²) in [5, 5.41) is 10.4. The van der Waals surface area contributed by atoms with E-state index in [0.29, 0.717) is 18.7 Å². The van der Waals surface area contributed by atoms with Gasteiger partial charge >= 0.3 is 0 Å². The van der Waals surface area contributed by atoms with Gasteiger partial charge in [0.1, 0.15) is 5.01 Å². The Bertz CT molecular complexity index is 1120. The van der Waals surface area contributed by atoms with Gasteiger partial charge in [0.15, 0.2) is 0 Å². The molecule has 3 heterocycles. The predicted molar refractivity (Wildman–Crippen MR) is 114 cm³/mol. The van der Waals surface area contributed by atoms with Crippen molar-refractivity contribution >= 4 is 17.2 Å². The van der Waals surface area contributed by atoms with E-state index in [-0.39, 0.29) is 5.91 Å². The van der Waals surface area contributed by atoms with Crippen molar-refractivity contribution in [3.63, 3.8) is 0 Å². The van der Waals surface area contributed by atoms with Crippen LogP contribution in [0.25, 0.3) is 11.3 Å². The molecule has 3 aromatic heterocycles. The maximum Gasteiger partial charge on any atom is 0.255 e. The summed E-state index contributed by atoms with van der Waals surface area (Å²) in [6.45, 7) is 4.83. The van der Waals surface area contributed by atoms with Crippen LogP contribution in [0.1, 0.15) is 32.3 Å². The highest BCUT2D eigenvalue weighted by Crippen LogP contribution is 2.21. The third-order valence-electron chi connectivity index (χ3n) is 4.71. The first-order valence-electron chi connectivity index (χ1n) is 9.33. The van der Waals surface area contributed by atoms with Gasteiger partial charge in [0, 0.05) is 29.0 Å². The number of nitrogens with zero attached hydrogens (tertiary/aromatic N) is 4. The highest BCUT2D eigenvalue weighted by Gasteiger charge is 2.19. The molecule has 0 aliphatic carbocycles. The highest BCUT2D eigenvalue weighted by molar-refractivity contribution is 7.09. The van der Waals surface area contributed by atoms with Crippen LogP contribution in [0.4, 0.5) is 0 Å². The number of amides is 1. The van der Waals surface area contributed by atoms with Crippen molar-refractivity contribution in [2.45, 2.75) is 26.9 Å². The van der Waals surface area contributed by atoms with E-state index >= 15 is 0 Å². The van der Waals surface area contributed by atoms with Gasteiger partial charge in [0.2, 0.25) is 0 Å². The van der Waals surface area contributed by atoms with Crippen molar-refractivity contribution in [2.75, 3.05) is 0 Å². The van der Waals surface area contributed by atoms with Gasteiger partial charge in [-0.05, 0) is 31.5 Å². The number of pyridine rings is 1. The van der Waals surface area contributed by atoms with E-state index in [2.05, 4.69) is 32.5 Å². The van der Waals surface area contributed by atoms with Crippen LogP contribution in [0.2, 0.25) is 0 Å². The fraction of sp³-hybridized carbons (Fsp3) is 0.182. The number of rotatable bonds is 6. The van der Waals surface area contributed by atoms with Crippen LogP contribution in [0.5, 0.6) is 0 Å². The predicted octanol–water partition coefficient (Wildman–Crippen LogP) is 4.00. The van der Waals surface area contributed by atoms with Gasteiger partial charge in [-0.3, -0.25) is 14.5 Å². The Kier molecular flexibility index (Phi) is 5.48. The van der Waals surface area contributed by atoms with Crippen LogP contribution in [0.3, 0.4) is 0 Å². The summed E-state index contributed by atoms with van der Waals surface area (Å²) in [6.07, 6.45) is 3.49. The zero-order chi connectivity index (χ0) is 20.2. The van der Waals surface area contributed by atoms with E-state index in [9.17, 15) is 4.79 Å². The molecule has 0 aliphatic heterocycles. The quantitative estimate of drug-likeness (QED) is 0.528. The van der Waals surface area contributed by atoms with Crippen molar-refractivity contribution in [2.24, 2.45) is 0 Å². The van der Waals surface area contributed by atoms with E-state index in [0.717, 1.165) is 33.2 Å². The van der Waals surface area contributed by atoms with Gasteiger partial charge < -0.3 is 5.32 Å². The van der Waals surface area contributed by atoms with Gasteiger partial charge in [0.05, 0.1) is 30.0 Å². The Labute approximate surface area is 173 Å². The Morgan fingerprint density at radius 2 is 1.86 bits per heavy atom. The van der Waals surface area contributed by atoms with Gasteiger partial charge in [0.25, 0.3) is 5.91 Å². The Hall–Kier alpha value is -3.32. The number of carbonyl (C=O) groups excluding carboxylic acids is 1. The molecule has 0 fully saturated rings. The molecule has 1 aromatic carbocycles. The average molecular weight is 404 g/mol. The Morgan fingerprint density at radius 1 is 1.10 bits per heavy atom. The van der Waals surface area contributed by atoms with Crippen molar-refractivity contribution in [3.8, 4) is 11.3 Å². The summed E-state index contributed by atoms with van der Waals surface area (Å²) < 4.78 is 1.88. The molecule has 0 saturated carbocycles. The summed E-state index contributed by atoms with van der Waals surface area (Å²) in [5.74, 6) is -0.125. The van der Waals surface area contributed by atoms with Gasteiger partial charge in [-0.1, -0.05) is 30.3 Å². The highest BCUT2D eigenvalue weighted by atomic mass is 32.1. The van der Waals surface area contributed by atoms with E-state index in [1.54, 1.807) is 12.4 Å². The molecule has 0 aliphatic rings. The molecular weight excluding hydrogens is 382 g/mol. The molecule has 0 spiro atoms. The molecule has 1 amide bonds.